The zero-order valence-corrected chi connectivity index (χ0v) is 30.5. The summed E-state index contributed by atoms with van der Waals surface area (Å²) in [5.41, 5.74) is 5.86. The largest absolute Gasteiger partial charge is 0.457 e. The van der Waals surface area contributed by atoms with Crippen LogP contribution in [0, 0.1) is 11.8 Å². The van der Waals surface area contributed by atoms with Crippen LogP contribution >= 0.6 is 0 Å². The van der Waals surface area contributed by atoms with Gasteiger partial charge in [-0.25, -0.2) is 4.90 Å². The Kier molecular flexibility index (Phi) is 7.47. The summed E-state index contributed by atoms with van der Waals surface area (Å²) in [6, 6.07) is 30.8. The zero-order chi connectivity index (χ0) is 35.9. The second-order valence-corrected chi connectivity index (χ2v) is 15.4. The normalized spacial score (nSPS) is 13.3. The topological polar surface area (TPSA) is 46.6 Å². The third-order valence-electron chi connectivity index (χ3n) is 10.5. The molecule has 8 rings (SSSR count). The van der Waals surface area contributed by atoms with E-state index in [2.05, 4.69) is 109 Å². The van der Waals surface area contributed by atoms with Crippen molar-refractivity contribution in [3.05, 3.63) is 124 Å². The van der Waals surface area contributed by atoms with Gasteiger partial charge in [0.1, 0.15) is 11.5 Å². The molecule has 0 atom stereocenters. The lowest BCUT2D eigenvalue weighted by Crippen LogP contribution is -2.41. The number of fused-ring (bicyclic) bond motifs is 2. The Hall–Kier alpha value is -5.66. The molecule has 0 aliphatic carbocycles. The number of nitrogens with zero attached hydrogens (tertiary/aromatic N) is 1. The number of anilines is 1. The zero-order valence-electron chi connectivity index (χ0n) is 30.5. The fourth-order valence-corrected chi connectivity index (χ4v) is 7.94. The maximum absolute atomic E-state index is 14.7. The van der Waals surface area contributed by atoms with Gasteiger partial charge in [-0.15, -0.1) is 5.92 Å². The van der Waals surface area contributed by atoms with Gasteiger partial charge < -0.3 is 4.74 Å². The number of rotatable bonds is 5. The first-order chi connectivity index (χ1) is 24.4. The van der Waals surface area contributed by atoms with Crippen LogP contribution < -0.4 is 9.64 Å². The minimum absolute atomic E-state index is 0.0600. The van der Waals surface area contributed by atoms with Gasteiger partial charge in [0.2, 0.25) is 0 Å². The highest BCUT2D eigenvalue weighted by Crippen LogP contribution is 2.47. The highest BCUT2D eigenvalue weighted by molar-refractivity contribution is 6.42. The van der Waals surface area contributed by atoms with Gasteiger partial charge in [0, 0.05) is 32.8 Å². The SMILES string of the molecule is CC#Cc1cc(C(C)C)c(N2C(=O)c3ccc4c5cccc6c(Oc7ccc(C(C)(C)C)cc7)ccc(c7ccc(c3c47)C2=O)c65)c(C(C)C)c1. The van der Waals surface area contributed by atoms with E-state index in [0.717, 1.165) is 71.3 Å². The van der Waals surface area contributed by atoms with Crippen molar-refractivity contribution in [1.29, 1.82) is 0 Å². The Morgan fingerprint density at radius 3 is 1.71 bits per heavy atom. The fourth-order valence-electron chi connectivity index (χ4n) is 7.94. The molecule has 0 N–H and O–H groups in total. The van der Waals surface area contributed by atoms with Crippen LogP contribution in [0.2, 0.25) is 0 Å². The molecule has 0 aromatic heterocycles. The molecule has 1 heterocycles. The van der Waals surface area contributed by atoms with E-state index in [0.29, 0.717) is 16.8 Å². The molecule has 252 valence electrons. The van der Waals surface area contributed by atoms with E-state index in [1.807, 2.05) is 49.4 Å². The Morgan fingerprint density at radius 1 is 0.627 bits per heavy atom. The van der Waals surface area contributed by atoms with Gasteiger partial charge in [-0.2, -0.15) is 0 Å². The van der Waals surface area contributed by atoms with Crippen LogP contribution in [0.1, 0.15) is 110 Å². The van der Waals surface area contributed by atoms with Gasteiger partial charge in [-0.05, 0) is 116 Å². The second-order valence-electron chi connectivity index (χ2n) is 15.4. The minimum Gasteiger partial charge on any atom is -0.457 e. The summed E-state index contributed by atoms with van der Waals surface area (Å²) >= 11 is 0. The first-order valence-corrected chi connectivity index (χ1v) is 17.8. The molecule has 7 aromatic rings. The smallest absolute Gasteiger partial charge is 0.266 e. The monoisotopic (exact) mass is 667 g/mol. The van der Waals surface area contributed by atoms with E-state index in [1.165, 1.54) is 10.5 Å². The van der Waals surface area contributed by atoms with Crippen molar-refractivity contribution < 1.29 is 14.3 Å². The molecule has 0 spiro atoms. The lowest BCUT2D eigenvalue weighted by Gasteiger charge is -2.33. The van der Waals surface area contributed by atoms with Crippen LogP contribution in [0.25, 0.3) is 43.1 Å². The molecule has 4 heteroatoms. The molecule has 0 saturated heterocycles. The standard InChI is InChI=1S/C47H41NO3/c1-9-11-28-24-38(26(2)3)44(39(25-28)27(4)5)48-45(49)36-20-18-33-31-12-10-13-35-40(51-30-16-14-29(15-17-30)47(6,7)8)23-22-32(41(31)35)34-19-21-37(46(48)50)43(36)42(33)34/h10,12-27H,1-8H3. The van der Waals surface area contributed by atoms with Crippen LogP contribution in [0.3, 0.4) is 0 Å². The average Bonchev–Trinajstić information content (AvgIpc) is 3.10. The van der Waals surface area contributed by atoms with Crippen molar-refractivity contribution in [2.45, 2.75) is 72.6 Å². The Labute approximate surface area is 299 Å². The first-order valence-electron chi connectivity index (χ1n) is 17.8. The molecule has 7 aromatic carbocycles. The van der Waals surface area contributed by atoms with Crippen molar-refractivity contribution in [2.75, 3.05) is 4.90 Å². The number of carbonyl (C=O) groups excluding carboxylic acids is 2. The number of benzene rings is 7. The van der Waals surface area contributed by atoms with Crippen LogP contribution in [0.15, 0.2) is 91.0 Å². The molecule has 2 amide bonds. The molecule has 51 heavy (non-hydrogen) atoms. The number of ether oxygens (including phenoxy) is 1. The summed E-state index contributed by atoms with van der Waals surface area (Å²) in [4.78, 5) is 30.8. The molecule has 0 radical (unpaired) electrons. The fraction of sp³-hybridized carbons (Fsp3) is 0.234. The molecule has 1 aliphatic rings. The van der Waals surface area contributed by atoms with Crippen LogP contribution in [0.5, 0.6) is 11.5 Å². The molecular formula is C47H41NO3. The van der Waals surface area contributed by atoms with Crippen LogP contribution in [-0.2, 0) is 5.41 Å². The van der Waals surface area contributed by atoms with Gasteiger partial charge in [-0.1, -0.05) is 96.9 Å². The quantitative estimate of drug-likeness (QED) is 0.0794. The summed E-state index contributed by atoms with van der Waals surface area (Å²) in [7, 11) is 0. The predicted octanol–water partition coefficient (Wildman–Crippen LogP) is 12.2. The molecule has 1 aliphatic heterocycles. The van der Waals surface area contributed by atoms with Crippen molar-refractivity contribution >= 4 is 60.6 Å². The maximum atomic E-state index is 14.7. The summed E-state index contributed by atoms with van der Waals surface area (Å²) in [5, 5.41) is 7.93. The summed E-state index contributed by atoms with van der Waals surface area (Å²) in [6.07, 6.45) is 0. The average molecular weight is 668 g/mol. The lowest BCUT2D eigenvalue weighted by molar-refractivity contribution is 0.0893. The Balaban J connectivity index is 1.32. The number of hydrogen-bond acceptors (Lipinski definition) is 3. The van der Waals surface area contributed by atoms with E-state index < -0.39 is 0 Å². The summed E-state index contributed by atoms with van der Waals surface area (Å²) < 4.78 is 6.52. The number of imide groups is 1. The van der Waals surface area contributed by atoms with Crippen molar-refractivity contribution in [2.24, 2.45) is 0 Å². The third kappa shape index (κ3) is 4.98. The van der Waals surface area contributed by atoms with Crippen LogP contribution in [0.4, 0.5) is 5.69 Å². The minimum atomic E-state index is -0.292. The highest BCUT2D eigenvalue weighted by atomic mass is 16.5. The lowest BCUT2D eigenvalue weighted by atomic mass is 9.83. The van der Waals surface area contributed by atoms with E-state index >= 15 is 0 Å². The van der Waals surface area contributed by atoms with Gasteiger partial charge >= 0.3 is 0 Å². The molecule has 0 fully saturated rings. The van der Waals surface area contributed by atoms with E-state index in [9.17, 15) is 9.59 Å². The van der Waals surface area contributed by atoms with Gasteiger partial charge in [0.15, 0.2) is 0 Å². The summed E-state index contributed by atoms with van der Waals surface area (Å²) in [6.45, 7) is 16.8. The van der Waals surface area contributed by atoms with Crippen molar-refractivity contribution in [3.63, 3.8) is 0 Å². The first kappa shape index (κ1) is 32.5. The summed E-state index contributed by atoms with van der Waals surface area (Å²) in [5.74, 6) is 7.34. The predicted molar refractivity (Wildman–Crippen MR) is 211 cm³/mol. The van der Waals surface area contributed by atoms with Gasteiger partial charge in [0.25, 0.3) is 11.8 Å². The number of amides is 2. The number of hydrogen-bond donors (Lipinski definition) is 0. The van der Waals surface area contributed by atoms with E-state index in [-0.39, 0.29) is 29.1 Å². The molecule has 0 unspecified atom stereocenters. The third-order valence-corrected chi connectivity index (χ3v) is 10.5. The van der Waals surface area contributed by atoms with Gasteiger partial charge in [0.05, 0.1) is 5.69 Å². The Morgan fingerprint density at radius 2 is 1.16 bits per heavy atom. The van der Waals surface area contributed by atoms with Crippen molar-refractivity contribution in [3.8, 4) is 23.3 Å². The maximum Gasteiger partial charge on any atom is 0.266 e. The van der Waals surface area contributed by atoms with Crippen molar-refractivity contribution in [1.82, 2.24) is 0 Å². The molecule has 4 nitrogen and oxygen atoms in total. The molecule has 0 saturated carbocycles. The second kappa shape index (κ2) is 11.7. The highest BCUT2D eigenvalue weighted by Gasteiger charge is 2.38. The molecular weight excluding hydrogens is 627 g/mol. The molecule has 0 bridgehead atoms. The number of carbonyl (C=O) groups is 2. The van der Waals surface area contributed by atoms with Gasteiger partial charge in [-0.3, -0.25) is 9.59 Å². The van der Waals surface area contributed by atoms with E-state index in [4.69, 9.17) is 4.74 Å². The Bertz CT molecular complexity index is 2540. The van der Waals surface area contributed by atoms with E-state index in [1.54, 1.807) is 0 Å². The van der Waals surface area contributed by atoms with Crippen LogP contribution in [-0.4, -0.2) is 11.8 Å².